The largest absolute Gasteiger partial charge is 0.462 e. The average Bonchev–Trinajstić information content (AvgIpc) is 2.70. The molecule has 0 saturated carbocycles. The Balaban J connectivity index is 2.66. The lowest BCUT2D eigenvalue weighted by atomic mass is 10.1. The summed E-state index contributed by atoms with van der Waals surface area (Å²) < 4.78 is 32.2. The number of nitrogens with zero attached hydrogens (tertiary/aromatic N) is 1. The summed E-state index contributed by atoms with van der Waals surface area (Å²) in [6.07, 6.45) is 0. The van der Waals surface area contributed by atoms with Crippen LogP contribution in [-0.4, -0.2) is 25.0 Å². The predicted molar refractivity (Wildman–Crippen MR) is 88.4 cm³/mol. The molecule has 6 heteroatoms. The van der Waals surface area contributed by atoms with Crippen LogP contribution in [-0.2, 0) is 14.8 Å². The molecule has 124 valence electrons. The molecule has 2 aromatic rings. The molecule has 1 aromatic heterocycles. The molecule has 0 unspecified atom stereocenters. The fraction of sp³-hybridized carbons (Fsp3) is 0.353. The topological polar surface area (TPSA) is 65.4 Å². The Kier molecular flexibility index (Phi) is 4.66. The number of aryl methyl sites for hydroxylation is 1. The molecule has 23 heavy (non-hydrogen) atoms. The molecular weight excluding hydrogens is 314 g/mol. The van der Waals surface area contributed by atoms with Crippen molar-refractivity contribution in [2.24, 2.45) is 0 Å². The molecule has 2 rings (SSSR count). The van der Waals surface area contributed by atoms with Crippen molar-refractivity contribution < 1.29 is 17.9 Å². The monoisotopic (exact) mass is 335 g/mol. The highest BCUT2D eigenvalue weighted by Gasteiger charge is 2.28. The van der Waals surface area contributed by atoms with Gasteiger partial charge in [0.25, 0.3) is 10.0 Å². The molecular formula is C17H21NO4S. The third kappa shape index (κ3) is 2.91. The number of ether oxygens (including phenoxy) is 1. The fourth-order valence-electron chi connectivity index (χ4n) is 2.64. The van der Waals surface area contributed by atoms with Gasteiger partial charge in [0.1, 0.15) is 0 Å². The highest BCUT2D eigenvalue weighted by atomic mass is 32.2. The molecule has 0 aliphatic heterocycles. The smallest absolute Gasteiger partial charge is 0.340 e. The normalized spacial score (nSPS) is 11.5. The van der Waals surface area contributed by atoms with Gasteiger partial charge < -0.3 is 4.74 Å². The average molecular weight is 335 g/mol. The second-order valence-corrected chi connectivity index (χ2v) is 7.26. The van der Waals surface area contributed by atoms with Crippen LogP contribution in [0.4, 0.5) is 0 Å². The van der Waals surface area contributed by atoms with E-state index in [1.165, 1.54) is 3.97 Å². The number of benzene rings is 1. The second-order valence-electron chi connectivity index (χ2n) is 5.47. The molecule has 0 amide bonds. The maximum atomic E-state index is 12.9. The van der Waals surface area contributed by atoms with E-state index in [4.69, 9.17) is 4.74 Å². The number of rotatable bonds is 4. The van der Waals surface area contributed by atoms with Gasteiger partial charge >= 0.3 is 5.97 Å². The van der Waals surface area contributed by atoms with Crippen molar-refractivity contribution >= 4 is 16.0 Å². The summed E-state index contributed by atoms with van der Waals surface area (Å²) in [6, 6.07) is 6.65. The molecule has 0 radical (unpaired) electrons. The third-order valence-electron chi connectivity index (χ3n) is 3.93. The first kappa shape index (κ1) is 17.3. The van der Waals surface area contributed by atoms with Crippen LogP contribution in [0.2, 0.25) is 0 Å². The summed E-state index contributed by atoms with van der Waals surface area (Å²) in [5.41, 5.74) is 2.81. The van der Waals surface area contributed by atoms with Gasteiger partial charge in [-0.2, -0.15) is 0 Å². The minimum Gasteiger partial charge on any atom is -0.462 e. The Labute approximate surface area is 136 Å². The van der Waals surface area contributed by atoms with Crippen molar-refractivity contribution in [3.63, 3.8) is 0 Å². The molecule has 0 fully saturated rings. The van der Waals surface area contributed by atoms with Crippen molar-refractivity contribution in [3.8, 4) is 0 Å². The molecule has 0 bridgehead atoms. The number of hydrogen-bond donors (Lipinski definition) is 0. The van der Waals surface area contributed by atoms with Crippen LogP contribution >= 0.6 is 0 Å². The van der Waals surface area contributed by atoms with Crippen molar-refractivity contribution in [2.45, 2.75) is 39.5 Å². The minimum atomic E-state index is -3.76. The van der Waals surface area contributed by atoms with E-state index in [0.717, 1.165) is 5.56 Å². The Hall–Kier alpha value is -2.08. The van der Waals surface area contributed by atoms with Gasteiger partial charge in [-0.05, 0) is 52.3 Å². The predicted octanol–water partition coefficient (Wildman–Crippen LogP) is 3.14. The minimum absolute atomic E-state index is 0.194. The molecule has 1 heterocycles. The van der Waals surface area contributed by atoms with Gasteiger partial charge in [0.2, 0.25) is 0 Å². The van der Waals surface area contributed by atoms with Gasteiger partial charge in [-0.3, -0.25) is 0 Å². The molecule has 0 N–H and O–H groups in total. The molecule has 1 aromatic carbocycles. The zero-order chi connectivity index (χ0) is 17.4. The molecule has 0 saturated heterocycles. The molecule has 0 spiro atoms. The van der Waals surface area contributed by atoms with Gasteiger partial charge in [-0.1, -0.05) is 17.7 Å². The highest BCUT2D eigenvalue weighted by Crippen LogP contribution is 2.27. The second kappa shape index (κ2) is 6.20. The van der Waals surface area contributed by atoms with Crippen molar-refractivity contribution in [3.05, 3.63) is 52.3 Å². The third-order valence-corrected chi connectivity index (χ3v) is 5.82. The first-order chi connectivity index (χ1) is 10.7. The van der Waals surface area contributed by atoms with Gasteiger partial charge in [0.05, 0.1) is 17.1 Å². The van der Waals surface area contributed by atoms with E-state index in [1.54, 1.807) is 52.0 Å². The lowest BCUT2D eigenvalue weighted by molar-refractivity contribution is 0.0525. The van der Waals surface area contributed by atoms with Crippen LogP contribution in [0.15, 0.2) is 29.2 Å². The maximum absolute atomic E-state index is 12.9. The van der Waals surface area contributed by atoms with Crippen LogP contribution < -0.4 is 0 Å². The quantitative estimate of drug-likeness (QED) is 0.805. The first-order valence-electron chi connectivity index (χ1n) is 7.39. The van der Waals surface area contributed by atoms with Crippen molar-refractivity contribution in [1.29, 1.82) is 0 Å². The molecule has 0 aliphatic rings. The van der Waals surface area contributed by atoms with E-state index < -0.39 is 16.0 Å². The van der Waals surface area contributed by atoms with E-state index in [2.05, 4.69) is 0 Å². The number of esters is 1. The summed E-state index contributed by atoms with van der Waals surface area (Å²) >= 11 is 0. The van der Waals surface area contributed by atoms with E-state index in [9.17, 15) is 13.2 Å². The standard InChI is InChI=1S/C17H21NO4S/c1-6-22-17(19)16-12(3)13(4)18(14(16)5)23(20,21)15-9-7-11(2)8-10-15/h7-10H,6H2,1-5H3. The van der Waals surface area contributed by atoms with Gasteiger partial charge in [-0.15, -0.1) is 0 Å². The molecule has 5 nitrogen and oxygen atoms in total. The van der Waals surface area contributed by atoms with Crippen LogP contribution in [0.3, 0.4) is 0 Å². The summed E-state index contributed by atoms with van der Waals surface area (Å²) in [4.78, 5) is 12.3. The van der Waals surface area contributed by atoms with Gasteiger partial charge in [0, 0.05) is 11.4 Å². The van der Waals surface area contributed by atoms with Crippen LogP contribution in [0.25, 0.3) is 0 Å². The van der Waals surface area contributed by atoms with E-state index in [-0.39, 0.29) is 11.5 Å². The molecule has 0 atom stereocenters. The first-order valence-corrected chi connectivity index (χ1v) is 8.83. The lowest BCUT2D eigenvalue weighted by Gasteiger charge is -2.11. The number of aromatic nitrogens is 1. The summed E-state index contributed by atoms with van der Waals surface area (Å²) in [5.74, 6) is -0.497. The summed E-state index contributed by atoms with van der Waals surface area (Å²) in [7, 11) is -3.76. The Bertz CT molecular complexity index is 846. The fourth-order valence-corrected chi connectivity index (χ4v) is 4.28. The lowest BCUT2D eigenvalue weighted by Crippen LogP contribution is -2.17. The SMILES string of the molecule is CCOC(=O)c1c(C)c(C)n(S(=O)(=O)c2ccc(C)cc2)c1C. The number of carbonyl (C=O) groups excluding carboxylic acids is 1. The van der Waals surface area contributed by atoms with Crippen LogP contribution in [0.1, 0.15) is 39.8 Å². The zero-order valence-corrected chi connectivity index (χ0v) is 14.8. The van der Waals surface area contributed by atoms with Crippen LogP contribution in [0, 0.1) is 27.7 Å². The summed E-state index contributed by atoms with van der Waals surface area (Å²) in [5, 5.41) is 0. The Morgan fingerprint density at radius 2 is 1.61 bits per heavy atom. The van der Waals surface area contributed by atoms with Crippen LogP contribution in [0.5, 0.6) is 0 Å². The van der Waals surface area contributed by atoms with Gasteiger partial charge in [0.15, 0.2) is 0 Å². The summed E-state index contributed by atoms with van der Waals surface area (Å²) in [6.45, 7) is 8.90. The number of hydrogen-bond acceptors (Lipinski definition) is 4. The highest BCUT2D eigenvalue weighted by molar-refractivity contribution is 7.90. The van der Waals surface area contributed by atoms with Crippen molar-refractivity contribution in [2.75, 3.05) is 6.61 Å². The van der Waals surface area contributed by atoms with Crippen molar-refractivity contribution in [1.82, 2.24) is 3.97 Å². The Morgan fingerprint density at radius 3 is 2.13 bits per heavy atom. The zero-order valence-electron chi connectivity index (χ0n) is 14.0. The number of carbonyl (C=O) groups is 1. The van der Waals surface area contributed by atoms with Gasteiger partial charge in [-0.25, -0.2) is 17.2 Å². The Morgan fingerprint density at radius 1 is 1.04 bits per heavy atom. The maximum Gasteiger partial charge on any atom is 0.340 e. The van der Waals surface area contributed by atoms with E-state index in [0.29, 0.717) is 22.5 Å². The molecule has 0 aliphatic carbocycles. The van der Waals surface area contributed by atoms with E-state index in [1.807, 2.05) is 6.92 Å². The van der Waals surface area contributed by atoms with E-state index >= 15 is 0 Å².